The van der Waals surface area contributed by atoms with Gasteiger partial charge in [0.1, 0.15) is 9.39 Å². The normalized spacial score (nSPS) is 16.0. The zero-order valence-corrected chi connectivity index (χ0v) is 13.3. The minimum Gasteiger partial charge on any atom is -0.450 e. The van der Waals surface area contributed by atoms with Gasteiger partial charge in [0.05, 0.1) is 12.9 Å². The molecule has 20 heavy (non-hydrogen) atoms. The van der Waals surface area contributed by atoms with Gasteiger partial charge >= 0.3 is 6.09 Å². The van der Waals surface area contributed by atoms with Crippen LogP contribution in [0, 0.1) is 3.57 Å². The van der Waals surface area contributed by atoms with Crippen molar-refractivity contribution < 1.29 is 9.53 Å². The first-order valence-electron chi connectivity index (χ1n) is 6.53. The second kappa shape index (κ2) is 6.91. The summed E-state index contributed by atoms with van der Waals surface area (Å²) in [6, 6.07) is 0.212. The second-order valence-electron chi connectivity index (χ2n) is 4.50. The molecule has 8 heteroatoms. The number of hydrogen-bond acceptors (Lipinski definition) is 5. The van der Waals surface area contributed by atoms with E-state index in [9.17, 15) is 9.59 Å². The summed E-state index contributed by atoms with van der Waals surface area (Å²) in [4.78, 5) is 31.4. The van der Waals surface area contributed by atoms with Crippen LogP contribution in [-0.2, 0) is 4.74 Å². The highest BCUT2D eigenvalue weighted by molar-refractivity contribution is 14.1. The van der Waals surface area contributed by atoms with E-state index in [1.165, 1.54) is 6.33 Å². The van der Waals surface area contributed by atoms with Gasteiger partial charge in [0.2, 0.25) is 0 Å². The second-order valence-corrected chi connectivity index (χ2v) is 5.58. The van der Waals surface area contributed by atoms with Gasteiger partial charge in [-0.1, -0.05) is 0 Å². The molecule has 0 bridgehead atoms. The molecule has 1 aliphatic heterocycles. The van der Waals surface area contributed by atoms with Crippen LogP contribution < -0.4 is 10.9 Å². The van der Waals surface area contributed by atoms with Gasteiger partial charge in [0, 0.05) is 19.1 Å². The molecule has 0 unspecified atom stereocenters. The minimum atomic E-state index is -0.255. The Hall–Kier alpha value is -1.32. The summed E-state index contributed by atoms with van der Waals surface area (Å²) in [6.45, 7) is 3.49. The standard InChI is InChI=1S/C12H17IN4O3/c1-2-20-12(19)17-5-3-8(4-6-17)16-10-9(13)11(18)15-7-14-10/h7-8H,2-6H2,1H3,(H2,14,15,16,18). The first-order valence-corrected chi connectivity index (χ1v) is 7.61. The molecular formula is C12H17IN4O3. The maximum atomic E-state index is 11.6. The molecule has 1 aromatic heterocycles. The molecule has 2 heterocycles. The van der Waals surface area contributed by atoms with Crippen LogP contribution >= 0.6 is 22.6 Å². The van der Waals surface area contributed by atoms with E-state index in [2.05, 4.69) is 15.3 Å². The highest BCUT2D eigenvalue weighted by atomic mass is 127. The van der Waals surface area contributed by atoms with Crippen LogP contribution in [0.2, 0.25) is 0 Å². The average molecular weight is 392 g/mol. The lowest BCUT2D eigenvalue weighted by Crippen LogP contribution is -2.43. The van der Waals surface area contributed by atoms with E-state index in [1.54, 1.807) is 11.8 Å². The molecule has 2 N–H and O–H groups in total. The van der Waals surface area contributed by atoms with Gasteiger partial charge in [0.15, 0.2) is 0 Å². The van der Waals surface area contributed by atoms with Gasteiger partial charge in [-0.15, -0.1) is 0 Å². The number of nitrogens with one attached hydrogen (secondary N) is 2. The smallest absolute Gasteiger partial charge is 0.409 e. The number of likely N-dealkylation sites (tertiary alicyclic amines) is 1. The molecule has 110 valence electrons. The van der Waals surface area contributed by atoms with Gasteiger partial charge in [-0.3, -0.25) is 4.79 Å². The fraction of sp³-hybridized carbons (Fsp3) is 0.583. The third kappa shape index (κ3) is 3.62. The summed E-state index contributed by atoms with van der Waals surface area (Å²) in [6.07, 6.45) is 2.75. The summed E-state index contributed by atoms with van der Waals surface area (Å²) < 4.78 is 5.53. The maximum absolute atomic E-state index is 11.6. The summed E-state index contributed by atoms with van der Waals surface area (Å²) in [7, 11) is 0. The summed E-state index contributed by atoms with van der Waals surface area (Å²) in [5, 5.41) is 3.26. The Balaban J connectivity index is 1.90. The van der Waals surface area contributed by atoms with E-state index in [0.29, 0.717) is 29.1 Å². The van der Waals surface area contributed by atoms with Crippen LogP contribution in [0.3, 0.4) is 0 Å². The number of aromatic amines is 1. The van der Waals surface area contributed by atoms with E-state index in [4.69, 9.17) is 4.74 Å². The fourth-order valence-electron chi connectivity index (χ4n) is 2.10. The van der Waals surface area contributed by atoms with Crippen LogP contribution in [0.5, 0.6) is 0 Å². The molecule has 1 aromatic rings. The molecular weight excluding hydrogens is 375 g/mol. The number of piperidine rings is 1. The third-order valence-corrected chi connectivity index (χ3v) is 4.16. The lowest BCUT2D eigenvalue weighted by molar-refractivity contribution is 0.0983. The van der Waals surface area contributed by atoms with Gasteiger partial charge in [0.25, 0.3) is 5.56 Å². The predicted octanol–water partition coefficient (Wildman–Crippen LogP) is 1.41. The Morgan fingerprint density at radius 3 is 2.95 bits per heavy atom. The molecule has 1 fully saturated rings. The molecule has 1 saturated heterocycles. The van der Waals surface area contributed by atoms with Gasteiger partial charge in [-0.05, 0) is 42.4 Å². The van der Waals surface area contributed by atoms with E-state index in [1.807, 2.05) is 22.6 Å². The molecule has 7 nitrogen and oxygen atoms in total. The highest BCUT2D eigenvalue weighted by Gasteiger charge is 2.24. The molecule has 2 rings (SSSR count). The number of ether oxygens (including phenoxy) is 1. The summed E-state index contributed by atoms with van der Waals surface area (Å²) in [5.74, 6) is 0.601. The van der Waals surface area contributed by atoms with Crippen molar-refractivity contribution in [2.75, 3.05) is 25.0 Å². The van der Waals surface area contributed by atoms with Crippen molar-refractivity contribution >= 4 is 34.5 Å². The van der Waals surface area contributed by atoms with Crippen LogP contribution in [0.15, 0.2) is 11.1 Å². The highest BCUT2D eigenvalue weighted by Crippen LogP contribution is 2.17. The van der Waals surface area contributed by atoms with Crippen molar-refractivity contribution in [3.8, 4) is 0 Å². The predicted molar refractivity (Wildman–Crippen MR) is 82.8 cm³/mol. The van der Waals surface area contributed by atoms with E-state index in [-0.39, 0.29) is 17.7 Å². The number of halogens is 1. The molecule has 0 atom stereocenters. The number of nitrogens with zero attached hydrogens (tertiary/aromatic N) is 2. The molecule has 0 spiro atoms. The van der Waals surface area contributed by atoms with Crippen molar-refractivity contribution in [3.05, 3.63) is 20.3 Å². The number of rotatable bonds is 3. The zero-order valence-electron chi connectivity index (χ0n) is 11.2. The number of aromatic nitrogens is 2. The van der Waals surface area contributed by atoms with Crippen LogP contribution in [0.1, 0.15) is 19.8 Å². The summed E-state index contributed by atoms with van der Waals surface area (Å²) in [5.41, 5.74) is -0.146. The molecule has 0 aliphatic carbocycles. The van der Waals surface area contributed by atoms with E-state index in [0.717, 1.165) is 12.8 Å². The summed E-state index contributed by atoms with van der Waals surface area (Å²) >= 11 is 1.97. The first kappa shape index (κ1) is 15.1. The van der Waals surface area contributed by atoms with Crippen LogP contribution in [0.4, 0.5) is 10.6 Å². The van der Waals surface area contributed by atoms with Gasteiger partial charge in [-0.25, -0.2) is 9.78 Å². The average Bonchev–Trinajstić information content (AvgIpc) is 2.45. The maximum Gasteiger partial charge on any atom is 0.409 e. The van der Waals surface area contributed by atoms with Crippen LogP contribution in [0.25, 0.3) is 0 Å². The van der Waals surface area contributed by atoms with Crippen molar-refractivity contribution in [1.82, 2.24) is 14.9 Å². The van der Waals surface area contributed by atoms with Crippen molar-refractivity contribution in [2.24, 2.45) is 0 Å². The van der Waals surface area contributed by atoms with Gasteiger partial charge < -0.3 is 19.9 Å². The van der Waals surface area contributed by atoms with Gasteiger partial charge in [-0.2, -0.15) is 0 Å². The number of H-pyrrole nitrogens is 1. The Labute approximate surface area is 130 Å². The fourth-order valence-corrected chi connectivity index (χ4v) is 2.55. The monoisotopic (exact) mass is 392 g/mol. The third-order valence-electron chi connectivity index (χ3n) is 3.16. The Kier molecular flexibility index (Phi) is 5.21. The minimum absolute atomic E-state index is 0.146. The van der Waals surface area contributed by atoms with E-state index < -0.39 is 0 Å². The Morgan fingerprint density at radius 1 is 1.60 bits per heavy atom. The van der Waals surface area contributed by atoms with Crippen molar-refractivity contribution in [3.63, 3.8) is 0 Å². The number of carbonyl (C=O) groups excluding carboxylic acids is 1. The first-order chi connectivity index (χ1) is 9.61. The van der Waals surface area contributed by atoms with Crippen LogP contribution in [-0.4, -0.2) is 46.7 Å². The van der Waals surface area contributed by atoms with E-state index >= 15 is 0 Å². The largest absolute Gasteiger partial charge is 0.450 e. The number of carbonyl (C=O) groups is 1. The van der Waals surface area contributed by atoms with Crippen molar-refractivity contribution in [1.29, 1.82) is 0 Å². The quantitative estimate of drug-likeness (QED) is 0.760. The number of anilines is 1. The molecule has 0 saturated carbocycles. The van der Waals surface area contributed by atoms with Crippen molar-refractivity contribution in [2.45, 2.75) is 25.8 Å². The molecule has 1 amide bonds. The zero-order chi connectivity index (χ0) is 14.5. The molecule has 0 radical (unpaired) electrons. The Morgan fingerprint density at radius 2 is 2.30 bits per heavy atom. The lowest BCUT2D eigenvalue weighted by Gasteiger charge is -2.31. The SMILES string of the molecule is CCOC(=O)N1CCC(Nc2nc[nH]c(=O)c2I)CC1. The lowest BCUT2D eigenvalue weighted by atomic mass is 10.1. The Bertz CT molecular complexity index is 526. The topological polar surface area (TPSA) is 87.3 Å². The molecule has 0 aromatic carbocycles. The molecule has 1 aliphatic rings. The number of amides is 1. The number of hydrogen-bond donors (Lipinski definition) is 2.